The number of anilines is 1. The summed E-state index contributed by atoms with van der Waals surface area (Å²) in [5.74, 6) is -1.64. The maximum atomic E-state index is 13.2. The molecule has 0 aromatic carbocycles. The first-order valence-corrected chi connectivity index (χ1v) is 7.46. The van der Waals surface area contributed by atoms with Gasteiger partial charge in [0.15, 0.2) is 6.29 Å². The van der Waals surface area contributed by atoms with Gasteiger partial charge in [0.25, 0.3) is 5.95 Å². The van der Waals surface area contributed by atoms with Crippen LogP contribution in [0.15, 0.2) is 18.3 Å². The predicted molar refractivity (Wildman–Crippen MR) is 80.1 cm³/mol. The summed E-state index contributed by atoms with van der Waals surface area (Å²) in [5.41, 5.74) is 1.01. The Hall–Kier alpha value is -2.38. The second-order valence-corrected chi connectivity index (χ2v) is 5.77. The van der Waals surface area contributed by atoms with Gasteiger partial charge in [-0.05, 0) is 25.8 Å². The number of aryl methyl sites for hydroxylation is 1. The summed E-state index contributed by atoms with van der Waals surface area (Å²) in [6, 6.07) is 3.30. The SMILES string of the molecule is Cc1cc(NC2CCC(F)(F)CC2)nc(-n2ccc(C=O)n2)n1. The van der Waals surface area contributed by atoms with Crippen molar-refractivity contribution in [1.82, 2.24) is 19.7 Å². The highest BCUT2D eigenvalue weighted by Gasteiger charge is 2.34. The number of aromatic nitrogens is 4. The molecule has 3 rings (SSSR count). The van der Waals surface area contributed by atoms with Crippen LogP contribution in [0.5, 0.6) is 0 Å². The number of halogens is 2. The fraction of sp³-hybridized carbons (Fsp3) is 0.467. The summed E-state index contributed by atoms with van der Waals surface area (Å²) in [4.78, 5) is 19.3. The number of carbonyl (C=O) groups is 1. The lowest BCUT2D eigenvalue weighted by atomic mass is 9.92. The highest BCUT2D eigenvalue weighted by Crippen LogP contribution is 2.34. The van der Waals surface area contributed by atoms with E-state index in [1.165, 1.54) is 4.68 Å². The van der Waals surface area contributed by atoms with E-state index in [0.717, 1.165) is 5.69 Å². The van der Waals surface area contributed by atoms with Crippen LogP contribution in [-0.4, -0.2) is 38.0 Å². The van der Waals surface area contributed by atoms with E-state index < -0.39 is 5.92 Å². The lowest BCUT2D eigenvalue weighted by Gasteiger charge is -2.29. The fourth-order valence-corrected chi connectivity index (χ4v) is 2.64. The van der Waals surface area contributed by atoms with Gasteiger partial charge >= 0.3 is 0 Å². The number of hydrogen-bond donors (Lipinski definition) is 1. The first kappa shape index (κ1) is 15.5. The molecule has 1 aliphatic carbocycles. The zero-order chi connectivity index (χ0) is 16.4. The van der Waals surface area contributed by atoms with Gasteiger partial charge in [0.05, 0.1) is 0 Å². The van der Waals surface area contributed by atoms with Gasteiger partial charge in [-0.15, -0.1) is 0 Å². The van der Waals surface area contributed by atoms with E-state index in [4.69, 9.17) is 0 Å². The zero-order valence-corrected chi connectivity index (χ0v) is 12.7. The van der Waals surface area contributed by atoms with Gasteiger partial charge in [0, 0.05) is 36.8 Å². The predicted octanol–water partition coefficient (Wildman–Crippen LogP) is 2.77. The number of nitrogens with one attached hydrogen (secondary N) is 1. The summed E-state index contributed by atoms with van der Waals surface area (Å²) in [6.07, 6.45) is 2.84. The van der Waals surface area contributed by atoms with Crippen molar-refractivity contribution in [3.8, 4) is 5.95 Å². The fourth-order valence-electron chi connectivity index (χ4n) is 2.64. The topological polar surface area (TPSA) is 72.7 Å². The number of carbonyl (C=O) groups excluding carboxylic acids is 1. The van der Waals surface area contributed by atoms with Gasteiger partial charge in [-0.25, -0.2) is 18.4 Å². The van der Waals surface area contributed by atoms with E-state index in [1.807, 2.05) is 6.92 Å². The van der Waals surface area contributed by atoms with E-state index in [2.05, 4.69) is 20.4 Å². The van der Waals surface area contributed by atoms with Crippen molar-refractivity contribution in [3.63, 3.8) is 0 Å². The van der Waals surface area contributed by atoms with E-state index in [0.29, 0.717) is 36.6 Å². The van der Waals surface area contributed by atoms with Crippen LogP contribution in [0.3, 0.4) is 0 Å². The Balaban J connectivity index is 1.77. The van der Waals surface area contributed by atoms with Crippen LogP contribution in [0.25, 0.3) is 5.95 Å². The van der Waals surface area contributed by atoms with Crippen LogP contribution in [-0.2, 0) is 0 Å². The van der Waals surface area contributed by atoms with Crippen LogP contribution < -0.4 is 5.32 Å². The average Bonchev–Trinajstić information content (AvgIpc) is 2.98. The summed E-state index contributed by atoms with van der Waals surface area (Å²) >= 11 is 0. The molecule has 122 valence electrons. The number of nitrogens with zero attached hydrogens (tertiary/aromatic N) is 4. The number of hydrogen-bond acceptors (Lipinski definition) is 5. The third kappa shape index (κ3) is 3.69. The first-order valence-electron chi connectivity index (χ1n) is 7.46. The third-order valence-electron chi connectivity index (χ3n) is 3.85. The summed E-state index contributed by atoms with van der Waals surface area (Å²) in [7, 11) is 0. The van der Waals surface area contributed by atoms with Gasteiger partial charge in [-0.3, -0.25) is 4.79 Å². The van der Waals surface area contributed by atoms with Crippen molar-refractivity contribution in [3.05, 3.63) is 29.7 Å². The molecule has 2 heterocycles. The molecule has 6 nitrogen and oxygen atoms in total. The van der Waals surface area contributed by atoms with Crippen LogP contribution >= 0.6 is 0 Å². The summed E-state index contributed by atoms with van der Waals surface area (Å²) < 4.78 is 27.8. The molecule has 0 bridgehead atoms. The van der Waals surface area contributed by atoms with Crippen molar-refractivity contribution in [2.45, 2.75) is 44.6 Å². The molecular formula is C15H17F2N5O. The standard InChI is InChI=1S/C15H17F2N5O/c1-10-8-13(19-11-2-5-15(16,17)6-3-11)20-14(18-10)22-7-4-12(9-23)21-22/h4,7-9,11H,2-3,5-6H2,1H3,(H,18,19,20). The molecule has 1 aliphatic rings. The van der Waals surface area contributed by atoms with Crippen molar-refractivity contribution >= 4 is 12.1 Å². The van der Waals surface area contributed by atoms with Gasteiger partial charge in [0.1, 0.15) is 11.5 Å². The van der Waals surface area contributed by atoms with Crippen LogP contribution in [0.1, 0.15) is 41.9 Å². The van der Waals surface area contributed by atoms with Crippen molar-refractivity contribution < 1.29 is 13.6 Å². The molecule has 23 heavy (non-hydrogen) atoms. The maximum Gasteiger partial charge on any atom is 0.252 e. The van der Waals surface area contributed by atoms with Gasteiger partial charge < -0.3 is 5.32 Å². The first-order chi connectivity index (χ1) is 10.9. The molecule has 8 heteroatoms. The largest absolute Gasteiger partial charge is 0.367 e. The molecule has 1 fully saturated rings. The van der Waals surface area contributed by atoms with E-state index in [9.17, 15) is 13.6 Å². The normalized spacial score (nSPS) is 17.9. The van der Waals surface area contributed by atoms with Crippen molar-refractivity contribution in [2.24, 2.45) is 0 Å². The molecule has 0 atom stereocenters. The highest BCUT2D eigenvalue weighted by atomic mass is 19.3. The van der Waals surface area contributed by atoms with E-state index >= 15 is 0 Å². The van der Waals surface area contributed by atoms with Gasteiger partial charge in [-0.1, -0.05) is 0 Å². The smallest absolute Gasteiger partial charge is 0.252 e. The van der Waals surface area contributed by atoms with Crippen molar-refractivity contribution in [2.75, 3.05) is 5.32 Å². The Morgan fingerprint density at radius 2 is 2.09 bits per heavy atom. The van der Waals surface area contributed by atoms with E-state index in [1.54, 1.807) is 18.3 Å². The lowest BCUT2D eigenvalue weighted by Crippen LogP contribution is -2.32. The minimum Gasteiger partial charge on any atom is -0.367 e. The molecule has 0 spiro atoms. The van der Waals surface area contributed by atoms with Crippen molar-refractivity contribution in [1.29, 1.82) is 0 Å². The summed E-state index contributed by atoms with van der Waals surface area (Å²) in [6.45, 7) is 1.81. The molecule has 1 saturated carbocycles. The van der Waals surface area contributed by atoms with Crippen LogP contribution in [0, 0.1) is 6.92 Å². The van der Waals surface area contributed by atoms with Gasteiger partial charge in [0.2, 0.25) is 5.92 Å². The zero-order valence-electron chi connectivity index (χ0n) is 12.7. The lowest BCUT2D eigenvalue weighted by molar-refractivity contribution is -0.0361. The Labute approximate surface area is 131 Å². The Morgan fingerprint density at radius 3 is 2.74 bits per heavy atom. The second kappa shape index (κ2) is 6.02. The molecule has 1 N–H and O–H groups in total. The summed E-state index contributed by atoms with van der Waals surface area (Å²) in [5, 5.41) is 7.24. The second-order valence-electron chi connectivity index (χ2n) is 5.77. The highest BCUT2D eigenvalue weighted by molar-refractivity contribution is 5.71. The van der Waals surface area contributed by atoms with Crippen LogP contribution in [0.2, 0.25) is 0 Å². The number of rotatable bonds is 4. The Morgan fingerprint density at radius 1 is 1.35 bits per heavy atom. The molecule has 0 unspecified atom stereocenters. The monoisotopic (exact) mass is 321 g/mol. The molecule has 0 amide bonds. The van der Waals surface area contributed by atoms with E-state index in [-0.39, 0.29) is 18.9 Å². The third-order valence-corrected chi connectivity index (χ3v) is 3.85. The minimum atomic E-state index is -2.55. The molecular weight excluding hydrogens is 304 g/mol. The molecule has 0 saturated heterocycles. The van der Waals surface area contributed by atoms with Gasteiger partial charge in [-0.2, -0.15) is 10.1 Å². The van der Waals surface area contributed by atoms with Crippen LogP contribution in [0.4, 0.5) is 14.6 Å². The average molecular weight is 321 g/mol. The molecule has 0 aliphatic heterocycles. The number of aldehydes is 1. The Bertz CT molecular complexity index is 706. The minimum absolute atomic E-state index is 0.0278. The quantitative estimate of drug-likeness (QED) is 0.877. The Kier molecular flexibility index (Phi) is 4.06. The molecule has 2 aromatic rings. The molecule has 2 aromatic heterocycles. The maximum absolute atomic E-state index is 13.2. The number of alkyl halides is 2. The molecule has 0 radical (unpaired) electrons.